The number of alkyl halides is 2. The Hall–Kier alpha value is -0.600. The fourth-order valence-corrected chi connectivity index (χ4v) is 2.42. The SMILES string of the molecule is BrCCc1ccccc1.BrCCc1ccccc1. The molecule has 2 rings (SSSR count). The zero-order valence-electron chi connectivity index (χ0n) is 10.4. The van der Waals surface area contributed by atoms with E-state index < -0.39 is 0 Å². The van der Waals surface area contributed by atoms with Crippen LogP contribution in [0, 0.1) is 0 Å². The van der Waals surface area contributed by atoms with Crippen LogP contribution in [0.5, 0.6) is 0 Å². The second-order valence-electron chi connectivity index (χ2n) is 3.85. The van der Waals surface area contributed by atoms with Crippen molar-refractivity contribution in [3.8, 4) is 0 Å². The Balaban J connectivity index is 0.000000180. The Morgan fingerprint density at radius 2 is 0.889 bits per heavy atom. The summed E-state index contributed by atoms with van der Waals surface area (Å²) < 4.78 is 0. The lowest BCUT2D eigenvalue weighted by Crippen LogP contribution is -1.82. The van der Waals surface area contributed by atoms with Gasteiger partial charge in [0, 0.05) is 10.7 Å². The second-order valence-corrected chi connectivity index (χ2v) is 5.44. The topological polar surface area (TPSA) is 0 Å². The molecule has 0 bridgehead atoms. The van der Waals surface area contributed by atoms with Crippen molar-refractivity contribution in [2.75, 3.05) is 10.7 Å². The minimum Gasteiger partial charge on any atom is -0.0924 e. The van der Waals surface area contributed by atoms with Gasteiger partial charge in [-0.3, -0.25) is 0 Å². The maximum atomic E-state index is 3.39. The maximum absolute atomic E-state index is 3.39. The summed E-state index contributed by atoms with van der Waals surface area (Å²) in [6.07, 6.45) is 2.25. The molecule has 96 valence electrons. The average Bonchev–Trinajstić information content (AvgIpc) is 2.43. The normalized spacial score (nSPS) is 9.44. The molecule has 0 saturated carbocycles. The highest BCUT2D eigenvalue weighted by Crippen LogP contribution is 2.01. The zero-order valence-corrected chi connectivity index (χ0v) is 13.5. The minimum atomic E-state index is 1.05. The number of halogens is 2. The van der Waals surface area contributed by atoms with E-state index in [9.17, 15) is 0 Å². The van der Waals surface area contributed by atoms with Gasteiger partial charge in [-0.15, -0.1) is 0 Å². The van der Waals surface area contributed by atoms with Gasteiger partial charge in [0.2, 0.25) is 0 Å². The van der Waals surface area contributed by atoms with Crippen LogP contribution in [-0.2, 0) is 12.8 Å². The summed E-state index contributed by atoms with van der Waals surface area (Å²) in [4.78, 5) is 0. The molecule has 18 heavy (non-hydrogen) atoms. The Morgan fingerprint density at radius 3 is 1.17 bits per heavy atom. The Bertz CT molecular complexity index is 356. The Morgan fingerprint density at radius 1 is 0.556 bits per heavy atom. The van der Waals surface area contributed by atoms with Crippen LogP contribution in [0.1, 0.15) is 11.1 Å². The van der Waals surface area contributed by atoms with Crippen LogP contribution in [0.2, 0.25) is 0 Å². The summed E-state index contributed by atoms with van der Waals surface area (Å²) in [6.45, 7) is 0. The summed E-state index contributed by atoms with van der Waals surface area (Å²) in [7, 11) is 0. The molecule has 0 radical (unpaired) electrons. The van der Waals surface area contributed by atoms with Gasteiger partial charge in [-0.1, -0.05) is 92.5 Å². The number of rotatable bonds is 4. The van der Waals surface area contributed by atoms with Crippen LogP contribution in [-0.4, -0.2) is 10.7 Å². The summed E-state index contributed by atoms with van der Waals surface area (Å²) in [6, 6.07) is 20.9. The fraction of sp³-hybridized carbons (Fsp3) is 0.250. The van der Waals surface area contributed by atoms with Crippen LogP contribution >= 0.6 is 31.9 Å². The van der Waals surface area contributed by atoms with E-state index in [-0.39, 0.29) is 0 Å². The first kappa shape index (κ1) is 15.5. The van der Waals surface area contributed by atoms with Gasteiger partial charge in [-0.2, -0.15) is 0 Å². The quantitative estimate of drug-likeness (QED) is 0.645. The highest BCUT2D eigenvalue weighted by atomic mass is 79.9. The second kappa shape index (κ2) is 10.3. The molecule has 0 amide bonds. The maximum Gasteiger partial charge on any atom is 0.00718 e. The minimum absolute atomic E-state index is 1.05. The first-order chi connectivity index (χ1) is 8.86. The first-order valence-corrected chi connectivity index (χ1v) is 8.31. The van der Waals surface area contributed by atoms with Crippen molar-refractivity contribution in [2.45, 2.75) is 12.8 Å². The van der Waals surface area contributed by atoms with Gasteiger partial charge >= 0.3 is 0 Å². The predicted octanol–water partition coefficient (Wildman–Crippen LogP) is 5.25. The van der Waals surface area contributed by atoms with Crippen LogP contribution < -0.4 is 0 Å². The van der Waals surface area contributed by atoms with Gasteiger partial charge in [0.25, 0.3) is 0 Å². The third kappa shape index (κ3) is 6.97. The summed E-state index contributed by atoms with van der Waals surface area (Å²) in [5, 5.41) is 2.11. The van der Waals surface area contributed by atoms with Crippen molar-refractivity contribution in [3.63, 3.8) is 0 Å². The summed E-state index contributed by atoms with van der Waals surface area (Å²) in [5.41, 5.74) is 2.80. The third-order valence-corrected chi connectivity index (χ3v) is 3.24. The molecule has 2 aromatic rings. The molecule has 0 aliphatic heterocycles. The van der Waals surface area contributed by atoms with Crippen LogP contribution in [0.15, 0.2) is 60.7 Å². The number of aryl methyl sites for hydroxylation is 2. The van der Waals surface area contributed by atoms with E-state index in [4.69, 9.17) is 0 Å². The number of hydrogen-bond acceptors (Lipinski definition) is 0. The monoisotopic (exact) mass is 368 g/mol. The molecule has 0 aromatic heterocycles. The molecule has 0 N–H and O–H groups in total. The molecule has 0 aliphatic rings. The number of benzene rings is 2. The van der Waals surface area contributed by atoms with Gasteiger partial charge in [-0.05, 0) is 24.0 Å². The molecule has 0 unspecified atom stereocenters. The molecule has 0 spiro atoms. The molecule has 0 saturated heterocycles. The molecular weight excluding hydrogens is 352 g/mol. The largest absolute Gasteiger partial charge is 0.0924 e. The van der Waals surface area contributed by atoms with E-state index in [1.165, 1.54) is 11.1 Å². The lowest BCUT2D eigenvalue weighted by molar-refractivity contribution is 1.17. The van der Waals surface area contributed by atoms with Crippen molar-refractivity contribution in [3.05, 3.63) is 71.8 Å². The van der Waals surface area contributed by atoms with Crippen molar-refractivity contribution in [1.29, 1.82) is 0 Å². The van der Waals surface area contributed by atoms with Gasteiger partial charge < -0.3 is 0 Å². The first-order valence-electron chi connectivity index (χ1n) is 6.06. The lowest BCUT2D eigenvalue weighted by Gasteiger charge is -1.92. The summed E-state index contributed by atoms with van der Waals surface area (Å²) in [5.74, 6) is 0. The molecule has 0 fully saturated rings. The Kier molecular flexibility index (Phi) is 8.87. The van der Waals surface area contributed by atoms with Crippen molar-refractivity contribution >= 4 is 31.9 Å². The van der Waals surface area contributed by atoms with Gasteiger partial charge in [-0.25, -0.2) is 0 Å². The zero-order chi connectivity index (χ0) is 13.1. The molecule has 2 aromatic carbocycles. The average molecular weight is 370 g/mol. The molecule has 2 heteroatoms. The number of hydrogen-bond donors (Lipinski definition) is 0. The molecule has 0 aliphatic carbocycles. The van der Waals surface area contributed by atoms with Crippen LogP contribution in [0.3, 0.4) is 0 Å². The van der Waals surface area contributed by atoms with E-state index in [2.05, 4.69) is 80.4 Å². The van der Waals surface area contributed by atoms with E-state index in [0.29, 0.717) is 0 Å². The molecule has 0 nitrogen and oxygen atoms in total. The third-order valence-electron chi connectivity index (χ3n) is 2.45. The van der Waals surface area contributed by atoms with E-state index in [0.717, 1.165) is 23.5 Å². The van der Waals surface area contributed by atoms with Crippen LogP contribution in [0.4, 0.5) is 0 Å². The van der Waals surface area contributed by atoms with E-state index in [1.54, 1.807) is 0 Å². The lowest BCUT2D eigenvalue weighted by atomic mass is 10.2. The Labute approximate surface area is 127 Å². The smallest absolute Gasteiger partial charge is 0.00718 e. The highest BCUT2D eigenvalue weighted by molar-refractivity contribution is 9.09. The standard InChI is InChI=1S/2C8H9Br/c2*9-7-6-8-4-2-1-3-5-8/h2*1-5H,6-7H2. The molecule has 0 heterocycles. The van der Waals surface area contributed by atoms with Gasteiger partial charge in [0.1, 0.15) is 0 Å². The molecular formula is C16H18Br2. The van der Waals surface area contributed by atoms with Crippen molar-refractivity contribution < 1.29 is 0 Å². The summed E-state index contributed by atoms with van der Waals surface area (Å²) >= 11 is 6.77. The van der Waals surface area contributed by atoms with Gasteiger partial charge in [0.05, 0.1) is 0 Å². The van der Waals surface area contributed by atoms with E-state index in [1.807, 2.05) is 12.1 Å². The van der Waals surface area contributed by atoms with Crippen molar-refractivity contribution in [2.24, 2.45) is 0 Å². The van der Waals surface area contributed by atoms with E-state index >= 15 is 0 Å². The predicted molar refractivity (Wildman–Crippen MR) is 87.9 cm³/mol. The van der Waals surface area contributed by atoms with Crippen LogP contribution in [0.25, 0.3) is 0 Å². The highest BCUT2D eigenvalue weighted by Gasteiger charge is 1.86. The molecule has 0 atom stereocenters. The fourth-order valence-electron chi connectivity index (χ4n) is 1.51. The van der Waals surface area contributed by atoms with Crippen molar-refractivity contribution in [1.82, 2.24) is 0 Å². The van der Waals surface area contributed by atoms with Gasteiger partial charge in [0.15, 0.2) is 0 Å².